The number of hydrogen-bond donors (Lipinski definition) is 0. The summed E-state index contributed by atoms with van der Waals surface area (Å²) in [5, 5.41) is 3.70. The fraction of sp³-hybridized carbons (Fsp3) is 0.444. The van der Waals surface area contributed by atoms with Gasteiger partial charge in [0.15, 0.2) is 0 Å². The molecule has 0 radical (unpaired) electrons. The summed E-state index contributed by atoms with van der Waals surface area (Å²) in [4.78, 5) is 35.2. The van der Waals surface area contributed by atoms with Gasteiger partial charge in [-0.2, -0.15) is 0 Å². The Kier molecular flexibility index (Phi) is 3.99. The SMILES string of the molecule is Cc1oncc1C(=O)N1CC[C@@]2(C1)CN(c1cccnc1)C(=O)CN2C. The highest BCUT2D eigenvalue weighted by Gasteiger charge is 2.49. The Hall–Kier alpha value is -2.74. The molecule has 26 heavy (non-hydrogen) atoms. The number of likely N-dealkylation sites (N-methyl/N-ethyl adjacent to an activating group) is 1. The van der Waals surface area contributed by atoms with Crippen molar-refractivity contribution in [1.82, 2.24) is 19.9 Å². The van der Waals surface area contributed by atoms with Gasteiger partial charge < -0.3 is 14.3 Å². The molecule has 4 rings (SSSR count). The zero-order valence-electron chi connectivity index (χ0n) is 14.9. The van der Waals surface area contributed by atoms with Crippen molar-refractivity contribution in [2.45, 2.75) is 18.9 Å². The number of carbonyl (C=O) groups excluding carboxylic acids is 2. The Morgan fingerprint density at radius 2 is 2.15 bits per heavy atom. The Bertz CT molecular complexity index is 836. The van der Waals surface area contributed by atoms with Crippen LogP contribution in [0, 0.1) is 6.92 Å². The first-order chi connectivity index (χ1) is 12.5. The number of pyridine rings is 1. The molecule has 0 N–H and O–H groups in total. The molecule has 136 valence electrons. The van der Waals surface area contributed by atoms with Crippen molar-refractivity contribution >= 4 is 17.5 Å². The highest BCUT2D eigenvalue weighted by Crippen LogP contribution is 2.34. The lowest BCUT2D eigenvalue weighted by atomic mass is 9.92. The number of hydrogen-bond acceptors (Lipinski definition) is 6. The van der Waals surface area contributed by atoms with Crippen molar-refractivity contribution in [3.05, 3.63) is 42.0 Å². The number of piperazine rings is 1. The third-order valence-electron chi connectivity index (χ3n) is 5.49. The normalized spacial score (nSPS) is 23.8. The molecule has 0 bridgehead atoms. The fourth-order valence-electron chi connectivity index (χ4n) is 3.85. The van der Waals surface area contributed by atoms with Crippen LogP contribution in [0.3, 0.4) is 0 Å². The van der Waals surface area contributed by atoms with E-state index in [1.54, 1.807) is 24.2 Å². The molecule has 4 heterocycles. The molecule has 0 unspecified atom stereocenters. The maximum absolute atomic E-state index is 12.8. The molecule has 0 aliphatic carbocycles. The molecule has 2 aliphatic heterocycles. The Morgan fingerprint density at radius 3 is 2.85 bits per heavy atom. The highest BCUT2D eigenvalue weighted by molar-refractivity contribution is 5.97. The van der Waals surface area contributed by atoms with Crippen LogP contribution in [-0.2, 0) is 4.79 Å². The minimum atomic E-state index is -0.259. The van der Waals surface area contributed by atoms with Gasteiger partial charge in [-0.1, -0.05) is 5.16 Å². The van der Waals surface area contributed by atoms with E-state index in [4.69, 9.17) is 4.52 Å². The maximum Gasteiger partial charge on any atom is 0.259 e. The molecule has 2 aliphatic rings. The first kappa shape index (κ1) is 16.7. The summed E-state index contributed by atoms with van der Waals surface area (Å²) in [5.41, 5.74) is 1.04. The van der Waals surface area contributed by atoms with Crippen molar-refractivity contribution < 1.29 is 14.1 Å². The van der Waals surface area contributed by atoms with E-state index in [1.165, 1.54) is 6.20 Å². The summed E-state index contributed by atoms with van der Waals surface area (Å²) in [6.45, 7) is 3.81. The van der Waals surface area contributed by atoms with E-state index in [0.29, 0.717) is 37.5 Å². The first-order valence-corrected chi connectivity index (χ1v) is 8.62. The van der Waals surface area contributed by atoms with Gasteiger partial charge in [0.1, 0.15) is 11.3 Å². The second-order valence-electron chi connectivity index (χ2n) is 7.04. The summed E-state index contributed by atoms with van der Waals surface area (Å²) in [6, 6.07) is 3.72. The highest BCUT2D eigenvalue weighted by atomic mass is 16.5. The summed E-state index contributed by atoms with van der Waals surface area (Å²) in [5.74, 6) is 0.504. The van der Waals surface area contributed by atoms with E-state index < -0.39 is 0 Å². The van der Waals surface area contributed by atoms with Gasteiger partial charge in [0.2, 0.25) is 5.91 Å². The lowest BCUT2D eigenvalue weighted by Gasteiger charge is -2.46. The minimum absolute atomic E-state index is 0.0470. The van der Waals surface area contributed by atoms with Crippen molar-refractivity contribution in [1.29, 1.82) is 0 Å². The molecule has 8 heteroatoms. The largest absolute Gasteiger partial charge is 0.361 e. The second kappa shape index (κ2) is 6.21. The van der Waals surface area contributed by atoms with Crippen molar-refractivity contribution in [2.75, 3.05) is 38.1 Å². The number of aryl methyl sites for hydroxylation is 1. The number of anilines is 1. The van der Waals surface area contributed by atoms with Crippen molar-refractivity contribution in [3.8, 4) is 0 Å². The molecular weight excluding hydrogens is 334 g/mol. The summed E-state index contributed by atoms with van der Waals surface area (Å²) >= 11 is 0. The molecule has 2 aromatic heterocycles. The molecule has 8 nitrogen and oxygen atoms in total. The predicted octanol–water partition coefficient (Wildman–Crippen LogP) is 0.941. The quantitative estimate of drug-likeness (QED) is 0.797. The van der Waals surface area contributed by atoms with E-state index in [1.807, 2.05) is 24.1 Å². The van der Waals surface area contributed by atoms with E-state index in [0.717, 1.165) is 12.1 Å². The van der Waals surface area contributed by atoms with Gasteiger partial charge >= 0.3 is 0 Å². The van der Waals surface area contributed by atoms with Crippen LogP contribution in [-0.4, -0.2) is 70.5 Å². The van der Waals surface area contributed by atoms with Crippen LogP contribution in [0.25, 0.3) is 0 Å². The van der Waals surface area contributed by atoms with Crippen LogP contribution in [0.15, 0.2) is 35.2 Å². The van der Waals surface area contributed by atoms with E-state index in [-0.39, 0.29) is 17.4 Å². The zero-order chi connectivity index (χ0) is 18.3. The molecule has 2 amide bonds. The first-order valence-electron chi connectivity index (χ1n) is 8.62. The third kappa shape index (κ3) is 2.66. The van der Waals surface area contributed by atoms with Crippen molar-refractivity contribution in [3.63, 3.8) is 0 Å². The maximum atomic E-state index is 12.8. The lowest BCUT2D eigenvalue weighted by Crippen LogP contribution is -2.64. The van der Waals surface area contributed by atoms with Crippen LogP contribution < -0.4 is 4.90 Å². The zero-order valence-corrected chi connectivity index (χ0v) is 14.9. The van der Waals surface area contributed by atoms with Gasteiger partial charge in [-0.25, -0.2) is 0 Å². The van der Waals surface area contributed by atoms with Crippen LogP contribution in [0.1, 0.15) is 22.5 Å². The summed E-state index contributed by atoms with van der Waals surface area (Å²) < 4.78 is 5.02. The number of rotatable bonds is 2. The number of nitrogens with zero attached hydrogens (tertiary/aromatic N) is 5. The summed E-state index contributed by atoms with van der Waals surface area (Å²) in [6.07, 6.45) is 5.68. The number of aromatic nitrogens is 2. The molecule has 2 fully saturated rings. The van der Waals surface area contributed by atoms with E-state index in [9.17, 15) is 9.59 Å². The standard InChI is InChI=1S/C18H21N5O3/c1-13-15(9-20-26-13)17(25)22-7-5-18(11-22)12-23(16(24)10-21(18)2)14-4-3-6-19-8-14/h3-4,6,8-9H,5,7,10-12H2,1-2H3/t18-/m1/s1. The number of amides is 2. The smallest absolute Gasteiger partial charge is 0.259 e. The molecule has 1 spiro atoms. The van der Waals surface area contributed by atoms with Gasteiger partial charge in [0.25, 0.3) is 5.91 Å². The Morgan fingerprint density at radius 1 is 1.31 bits per heavy atom. The molecule has 1 atom stereocenters. The topological polar surface area (TPSA) is 82.8 Å². The van der Waals surface area contributed by atoms with E-state index >= 15 is 0 Å². The summed E-state index contributed by atoms with van der Waals surface area (Å²) in [7, 11) is 1.96. The Labute approximate surface area is 151 Å². The molecule has 0 aromatic carbocycles. The van der Waals surface area contributed by atoms with Crippen LogP contribution in [0.2, 0.25) is 0 Å². The van der Waals surface area contributed by atoms with Crippen LogP contribution in [0.5, 0.6) is 0 Å². The Balaban J connectivity index is 1.57. The lowest BCUT2D eigenvalue weighted by molar-refractivity contribution is -0.123. The molecule has 0 saturated carbocycles. The predicted molar refractivity (Wildman–Crippen MR) is 93.7 cm³/mol. The molecular formula is C18H21N5O3. The van der Waals surface area contributed by atoms with Gasteiger partial charge in [-0.15, -0.1) is 0 Å². The molecule has 2 aromatic rings. The molecule has 2 saturated heterocycles. The monoisotopic (exact) mass is 355 g/mol. The second-order valence-corrected chi connectivity index (χ2v) is 7.04. The van der Waals surface area contributed by atoms with Gasteiger partial charge in [-0.05, 0) is 32.5 Å². The van der Waals surface area contributed by atoms with Crippen LogP contribution >= 0.6 is 0 Å². The number of likely N-dealkylation sites (tertiary alicyclic amines) is 1. The van der Waals surface area contributed by atoms with Crippen LogP contribution in [0.4, 0.5) is 5.69 Å². The third-order valence-corrected chi connectivity index (χ3v) is 5.49. The van der Waals surface area contributed by atoms with Gasteiger partial charge in [-0.3, -0.25) is 19.5 Å². The minimum Gasteiger partial charge on any atom is -0.361 e. The van der Waals surface area contributed by atoms with E-state index in [2.05, 4.69) is 15.0 Å². The van der Waals surface area contributed by atoms with Gasteiger partial charge in [0.05, 0.1) is 30.2 Å². The number of carbonyl (C=O) groups is 2. The van der Waals surface area contributed by atoms with Gasteiger partial charge in [0, 0.05) is 25.8 Å². The fourth-order valence-corrected chi connectivity index (χ4v) is 3.85. The average molecular weight is 355 g/mol. The average Bonchev–Trinajstić information content (AvgIpc) is 3.26. The van der Waals surface area contributed by atoms with Crippen molar-refractivity contribution in [2.24, 2.45) is 0 Å².